The van der Waals surface area contributed by atoms with Gasteiger partial charge in [0.1, 0.15) is 0 Å². The fraction of sp³-hybridized carbons (Fsp3) is 0. The zero-order chi connectivity index (χ0) is 50.0. The van der Waals surface area contributed by atoms with Crippen LogP contribution in [0.3, 0.4) is 0 Å². The molecule has 12 rings (SSSR count). The molecule has 0 unspecified atom stereocenters. The number of para-hydroxylation sites is 3. The Morgan fingerprint density at radius 2 is 1.00 bits per heavy atom. The van der Waals surface area contributed by atoms with Gasteiger partial charge in [0.15, 0.2) is 17.5 Å². The lowest BCUT2D eigenvalue weighted by Gasteiger charge is -2.15. The van der Waals surface area contributed by atoms with Crippen molar-refractivity contribution in [1.29, 1.82) is 0 Å². The molecule has 0 radical (unpaired) electrons. The van der Waals surface area contributed by atoms with Crippen LogP contribution in [-0.4, -0.2) is 19.5 Å². The molecule has 0 aliphatic rings. The van der Waals surface area contributed by atoms with Gasteiger partial charge in [-0.3, -0.25) is 0 Å². The fourth-order valence-corrected chi connectivity index (χ4v) is 9.20. The first kappa shape index (κ1) is 24.3. The highest BCUT2D eigenvalue weighted by Gasteiger charge is 2.20. The van der Waals surface area contributed by atoms with E-state index in [1.165, 1.54) is 23.5 Å². The van der Waals surface area contributed by atoms with Crippen LogP contribution in [0.2, 0.25) is 0 Å². The van der Waals surface area contributed by atoms with Crippen LogP contribution in [0, 0.1) is 0 Å². The summed E-state index contributed by atoms with van der Waals surface area (Å²) in [6.45, 7) is 0. The molecule has 0 saturated heterocycles. The van der Waals surface area contributed by atoms with Gasteiger partial charge in [-0.25, -0.2) is 15.0 Å². The number of hydrogen-bond acceptors (Lipinski definition) is 4. The van der Waals surface area contributed by atoms with Gasteiger partial charge in [-0.2, -0.15) is 0 Å². The van der Waals surface area contributed by atoms with E-state index in [1.54, 1.807) is 34.9 Å². The van der Waals surface area contributed by atoms with Gasteiger partial charge in [0, 0.05) is 47.6 Å². The summed E-state index contributed by atoms with van der Waals surface area (Å²) in [5, 5.41) is 2.83. The summed E-state index contributed by atoms with van der Waals surface area (Å²) in [6, 6.07) is 37.9. The van der Waals surface area contributed by atoms with E-state index >= 15 is 0 Å². The Balaban J connectivity index is 1.12. The summed E-state index contributed by atoms with van der Waals surface area (Å²) in [6.07, 6.45) is 0. The third-order valence-electron chi connectivity index (χ3n) is 10.8. The van der Waals surface area contributed by atoms with Crippen molar-refractivity contribution in [2.45, 2.75) is 0 Å². The number of rotatable bonds is 6. The Morgan fingerprint density at radius 1 is 0.400 bits per heavy atom. The van der Waals surface area contributed by atoms with E-state index < -0.39 is 18.1 Å². The molecule has 0 fully saturated rings. The zero-order valence-corrected chi connectivity index (χ0v) is 32.2. The van der Waals surface area contributed by atoms with E-state index in [0.29, 0.717) is 59.5 Å². The molecule has 60 heavy (non-hydrogen) atoms. The van der Waals surface area contributed by atoms with E-state index in [9.17, 15) is 2.74 Å². The minimum absolute atomic E-state index is 0.0116. The lowest BCUT2D eigenvalue weighted by atomic mass is 9.97. The van der Waals surface area contributed by atoms with Crippen molar-refractivity contribution in [3.8, 4) is 62.1 Å². The molecule has 9 aromatic carbocycles. The molecule has 12 aromatic rings. The molecular weight excluding hydrogens is 749 g/mol. The molecule has 0 atom stereocenters. The Hall–Kier alpha value is -7.73. The minimum atomic E-state index is -0.507. The Bertz CT molecular complexity index is 4330. The largest absolute Gasteiger partial charge is 0.309 e. The van der Waals surface area contributed by atoms with Crippen molar-refractivity contribution in [3.05, 3.63) is 206 Å². The van der Waals surface area contributed by atoms with Gasteiger partial charge in [0.25, 0.3) is 0 Å². The molecule has 0 saturated carbocycles. The smallest absolute Gasteiger partial charge is 0.166 e. The van der Waals surface area contributed by atoms with Gasteiger partial charge in [-0.15, -0.1) is 11.3 Å². The maximum absolute atomic E-state index is 9.21. The first-order valence-corrected chi connectivity index (χ1v) is 20.0. The summed E-state index contributed by atoms with van der Waals surface area (Å²) < 4.78 is 109. The normalized spacial score (nSPS) is 14.5. The first-order valence-electron chi connectivity index (χ1n) is 25.2. The SMILES string of the molecule is [2H]c1cc([2H])c2sc3c(-c4cccc(-c5nc(-c6cccc(-c7cccc8ccccc78)c6)nc(-c6ccccc6-n6c7c([2H])cc([2H])c([2H])c7c7c([2H])c([2H])c([2H])c([2H])c76)n5)c4)cc([2H])c([2H])c3c2c1[2H]. The van der Waals surface area contributed by atoms with E-state index in [4.69, 9.17) is 28.7 Å². The van der Waals surface area contributed by atoms with Crippen molar-refractivity contribution < 1.29 is 16.4 Å². The van der Waals surface area contributed by atoms with E-state index in [1.807, 2.05) is 66.7 Å². The third kappa shape index (κ3) is 5.63. The molecule has 0 aliphatic carbocycles. The summed E-state index contributed by atoms with van der Waals surface area (Å²) in [4.78, 5) is 15.4. The first-order chi connectivity index (χ1) is 34.7. The highest BCUT2D eigenvalue weighted by Crippen LogP contribution is 2.41. The van der Waals surface area contributed by atoms with E-state index in [0.717, 1.165) is 21.9 Å². The average Bonchev–Trinajstić information content (AvgIpc) is 3.99. The summed E-state index contributed by atoms with van der Waals surface area (Å²) >= 11 is 1.24. The van der Waals surface area contributed by atoms with Gasteiger partial charge in [-0.1, -0.05) is 164 Å². The van der Waals surface area contributed by atoms with Crippen LogP contribution in [0.1, 0.15) is 16.4 Å². The highest BCUT2D eigenvalue weighted by atomic mass is 32.1. The molecule has 5 heteroatoms. The van der Waals surface area contributed by atoms with Crippen molar-refractivity contribution in [3.63, 3.8) is 0 Å². The second-order valence-corrected chi connectivity index (χ2v) is 15.3. The Kier molecular flexibility index (Phi) is 5.65. The number of aromatic nitrogens is 4. The molecule has 0 bridgehead atoms. The van der Waals surface area contributed by atoms with Gasteiger partial charge in [-0.05, 0) is 75.4 Å². The summed E-state index contributed by atoms with van der Waals surface area (Å²) in [5.74, 6) is 0.718. The highest BCUT2D eigenvalue weighted by molar-refractivity contribution is 7.26. The molecule has 4 nitrogen and oxygen atoms in total. The van der Waals surface area contributed by atoms with Crippen LogP contribution in [0.15, 0.2) is 206 Å². The van der Waals surface area contributed by atoms with Crippen LogP contribution in [-0.2, 0) is 0 Å². The molecule has 3 heterocycles. The quantitative estimate of drug-likeness (QED) is 0.168. The van der Waals surface area contributed by atoms with Crippen LogP contribution < -0.4 is 0 Å². The third-order valence-corrected chi connectivity index (χ3v) is 11.9. The van der Waals surface area contributed by atoms with Crippen LogP contribution in [0.4, 0.5) is 0 Å². The lowest BCUT2D eigenvalue weighted by molar-refractivity contribution is 1.06. The molecule has 0 spiro atoms. The van der Waals surface area contributed by atoms with Gasteiger partial charge >= 0.3 is 0 Å². The second kappa shape index (κ2) is 14.0. The van der Waals surface area contributed by atoms with E-state index in [-0.39, 0.29) is 87.8 Å². The van der Waals surface area contributed by atoms with Crippen LogP contribution >= 0.6 is 11.3 Å². The maximum atomic E-state index is 9.21. The number of fused-ring (bicyclic) bond motifs is 7. The fourth-order valence-electron chi connectivity index (χ4n) is 8.08. The molecule has 3 aromatic heterocycles. The summed E-state index contributed by atoms with van der Waals surface area (Å²) in [7, 11) is 0. The van der Waals surface area contributed by atoms with Crippen molar-refractivity contribution >= 4 is 64.1 Å². The minimum Gasteiger partial charge on any atom is -0.309 e. The maximum Gasteiger partial charge on any atom is 0.166 e. The Morgan fingerprint density at radius 3 is 1.85 bits per heavy atom. The number of nitrogens with zero attached hydrogens (tertiary/aromatic N) is 4. The van der Waals surface area contributed by atoms with Crippen LogP contribution in [0.5, 0.6) is 0 Å². The standard InChI is InChI=1S/C55H34N4S/c1-2-21-40-35(15-1)16-13-26-41(40)36-17-11-19-38(33-36)53-56-54(39-20-12-18-37(34-39)42-27-14-28-46-45-24-6-10-32-51(45)60-52(42)46)58-55(57-53)47-25-5-9-31-50(47)59-48-29-7-3-22-43(48)44-23-4-8-30-49(44)59/h1-34H/i3D,4D,6D,7D,14D,22D,23D,24D,28D,29D,30D,32D. The average molecular weight is 795 g/mol. The van der Waals surface area contributed by atoms with Crippen molar-refractivity contribution in [2.24, 2.45) is 0 Å². The second-order valence-electron chi connectivity index (χ2n) is 14.2. The predicted molar refractivity (Wildman–Crippen MR) is 252 cm³/mol. The van der Waals surface area contributed by atoms with Crippen molar-refractivity contribution in [2.75, 3.05) is 0 Å². The molecular formula is C55H34N4S. The van der Waals surface area contributed by atoms with Gasteiger partial charge in [0.2, 0.25) is 0 Å². The molecule has 280 valence electrons. The molecule has 0 amide bonds. The predicted octanol–water partition coefficient (Wildman–Crippen LogP) is 14.8. The van der Waals surface area contributed by atoms with E-state index in [2.05, 4.69) is 24.3 Å². The Labute approximate surface area is 367 Å². The number of hydrogen-bond donors (Lipinski definition) is 0. The zero-order valence-electron chi connectivity index (χ0n) is 43.4. The van der Waals surface area contributed by atoms with Crippen LogP contribution in [0.25, 0.3) is 115 Å². The number of benzene rings is 9. The monoisotopic (exact) mass is 794 g/mol. The molecule has 0 N–H and O–H groups in total. The topological polar surface area (TPSA) is 43.6 Å². The number of thiophene rings is 1. The van der Waals surface area contributed by atoms with Gasteiger partial charge < -0.3 is 4.57 Å². The van der Waals surface area contributed by atoms with Crippen molar-refractivity contribution in [1.82, 2.24) is 19.5 Å². The lowest BCUT2D eigenvalue weighted by Crippen LogP contribution is -2.03. The summed E-state index contributed by atoms with van der Waals surface area (Å²) in [5.41, 5.74) is 5.24. The van der Waals surface area contributed by atoms with Gasteiger partial charge in [0.05, 0.1) is 33.2 Å². The molecule has 0 aliphatic heterocycles.